The minimum absolute atomic E-state index is 0.112. The van der Waals surface area contributed by atoms with E-state index in [1.807, 2.05) is 29.2 Å². The number of methoxy groups -OCH3 is 1. The lowest BCUT2D eigenvalue weighted by atomic mass is 9.74. The highest BCUT2D eigenvalue weighted by molar-refractivity contribution is 7.09. The number of carbonyl (C=O) groups is 1. The summed E-state index contributed by atoms with van der Waals surface area (Å²) in [5.74, 6) is 0.0681. The van der Waals surface area contributed by atoms with Gasteiger partial charge in [-0.05, 0) is 11.6 Å². The topological polar surface area (TPSA) is 91.1 Å². The highest BCUT2D eigenvalue weighted by Gasteiger charge is 2.58. The summed E-state index contributed by atoms with van der Waals surface area (Å²) in [6, 6.07) is 9.92. The summed E-state index contributed by atoms with van der Waals surface area (Å²) in [6.07, 6.45) is 0. The van der Waals surface area contributed by atoms with Crippen LogP contribution in [0.15, 0.2) is 24.3 Å². The summed E-state index contributed by atoms with van der Waals surface area (Å²) in [5, 5.41) is 13.3. The highest BCUT2D eigenvalue weighted by atomic mass is 32.1. The number of hydrogen-bond acceptors (Lipinski definition) is 7. The van der Waals surface area contributed by atoms with Gasteiger partial charge in [0, 0.05) is 37.4 Å². The molecular weight excluding hydrogens is 326 g/mol. The van der Waals surface area contributed by atoms with E-state index in [4.69, 9.17) is 4.74 Å². The molecule has 1 saturated heterocycles. The molecule has 1 aromatic carbocycles. The number of amides is 1. The molecule has 1 amide bonds. The zero-order chi connectivity index (χ0) is 16.7. The van der Waals surface area contributed by atoms with Crippen LogP contribution in [0, 0.1) is 17.2 Å². The number of nitrogens with zero attached hydrogens (tertiary/aromatic N) is 4. The van der Waals surface area contributed by atoms with Crippen LogP contribution < -0.4 is 10.2 Å². The molecule has 1 aromatic heterocycles. The second-order valence-corrected chi connectivity index (χ2v) is 6.69. The molecule has 1 spiro atoms. The summed E-state index contributed by atoms with van der Waals surface area (Å²) >= 11 is 1.27. The summed E-state index contributed by atoms with van der Waals surface area (Å²) in [6.45, 7) is 1.23. The maximum atomic E-state index is 12.8. The molecule has 2 aliphatic rings. The van der Waals surface area contributed by atoms with Gasteiger partial charge in [0.05, 0.1) is 12.0 Å². The fraction of sp³-hybridized carbons (Fsp3) is 0.375. The minimum atomic E-state index is -0.849. The third-order valence-corrected chi connectivity index (χ3v) is 5.47. The fourth-order valence-corrected chi connectivity index (χ4v) is 4.23. The van der Waals surface area contributed by atoms with Crippen LogP contribution in [0.1, 0.15) is 11.4 Å². The number of anilines is 2. The molecule has 3 heterocycles. The molecule has 0 saturated carbocycles. The number of ether oxygens (including phenoxy) is 1. The van der Waals surface area contributed by atoms with Gasteiger partial charge in [0.1, 0.15) is 12.0 Å². The first kappa shape index (κ1) is 15.1. The van der Waals surface area contributed by atoms with Crippen molar-refractivity contribution in [3.63, 3.8) is 0 Å². The van der Waals surface area contributed by atoms with Crippen LogP contribution in [0.3, 0.4) is 0 Å². The fourth-order valence-electron chi connectivity index (χ4n) is 3.55. The molecule has 122 valence electrons. The quantitative estimate of drug-likeness (QED) is 0.910. The number of para-hydroxylation sites is 1. The predicted molar refractivity (Wildman–Crippen MR) is 88.7 cm³/mol. The van der Waals surface area contributed by atoms with Crippen LogP contribution in [0.4, 0.5) is 10.8 Å². The van der Waals surface area contributed by atoms with E-state index >= 15 is 0 Å². The van der Waals surface area contributed by atoms with E-state index in [0.29, 0.717) is 25.5 Å². The zero-order valence-corrected chi connectivity index (χ0v) is 13.8. The molecule has 2 atom stereocenters. The zero-order valence-electron chi connectivity index (χ0n) is 13.0. The number of fused-ring (bicyclic) bond motifs is 2. The van der Waals surface area contributed by atoms with Gasteiger partial charge in [-0.25, -0.2) is 4.98 Å². The summed E-state index contributed by atoms with van der Waals surface area (Å²) in [5.41, 5.74) is 0.839. The van der Waals surface area contributed by atoms with Gasteiger partial charge in [0.15, 0.2) is 5.82 Å². The van der Waals surface area contributed by atoms with Crippen LogP contribution >= 0.6 is 11.5 Å². The normalized spacial score (nSPS) is 24.9. The first-order valence-corrected chi connectivity index (χ1v) is 8.33. The molecule has 1 N–H and O–H groups in total. The van der Waals surface area contributed by atoms with Crippen molar-refractivity contribution in [2.75, 3.05) is 30.4 Å². The van der Waals surface area contributed by atoms with Gasteiger partial charge in [0.2, 0.25) is 11.0 Å². The second-order valence-electron chi connectivity index (χ2n) is 5.96. The molecule has 0 aliphatic carbocycles. The third kappa shape index (κ3) is 2.02. The van der Waals surface area contributed by atoms with E-state index in [9.17, 15) is 10.1 Å². The van der Waals surface area contributed by atoms with Crippen LogP contribution in [0.2, 0.25) is 0 Å². The number of nitrogens with one attached hydrogen (secondary N) is 1. The van der Waals surface area contributed by atoms with Gasteiger partial charge in [0.25, 0.3) is 0 Å². The Kier molecular flexibility index (Phi) is 3.48. The lowest BCUT2D eigenvalue weighted by molar-refractivity contribution is -0.120. The molecule has 2 aliphatic heterocycles. The molecular formula is C16H15N5O2S. The maximum absolute atomic E-state index is 12.8. The van der Waals surface area contributed by atoms with Crippen molar-refractivity contribution >= 4 is 28.3 Å². The van der Waals surface area contributed by atoms with Gasteiger partial charge < -0.3 is 15.0 Å². The molecule has 0 unspecified atom stereocenters. The van der Waals surface area contributed by atoms with Gasteiger partial charge in [-0.2, -0.15) is 9.64 Å². The molecule has 2 aromatic rings. The number of aromatic nitrogens is 2. The maximum Gasteiger partial charge on any atom is 0.238 e. The highest BCUT2D eigenvalue weighted by Crippen LogP contribution is 2.48. The molecule has 0 bridgehead atoms. The van der Waals surface area contributed by atoms with Gasteiger partial charge in [-0.1, -0.05) is 18.2 Å². The van der Waals surface area contributed by atoms with Crippen molar-refractivity contribution in [3.05, 3.63) is 35.7 Å². The Labute approximate surface area is 143 Å². The molecule has 1 fully saturated rings. The van der Waals surface area contributed by atoms with Crippen molar-refractivity contribution < 1.29 is 9.53 Å². The number of nitriles is 1. The molecule has 0 radical (unpaired) electrons. The molecule has 4 rings (SSSR count). The Morgan fingerprint density at radius 3 is 3.17 bits per heavy atom. The van der Waals surface area contributed by atoms with E-state index in [2.05, 4.69) is 20.7 Å². The van der Waals surface area contributed by atoms with Crippen LogP contribution in [-0.4, -0.2) is 35.5 Å². The van der Waals surface area contributed by atoms with Crippen molar-refractivity contribution in [1.82, 2.24) is 9.36 Å². The predicted octanol–water partition coefficient (Wildman–Crippen LogP) is 1.53. The smallest absolute Gasteiger partial charge is 0.238 e. The van der Waals surface area contributed by atoms with E-state index in [1.54, 1.807) is 7.11 Å². The van der Waals surface area contributed by atoms with E-state index < -0.39 is 11.3 Å². The van der Waals surface area contributed by atoms with Gasteiger partial charge >= 0.3 is 0 Å². The van der Waals surface area contributed by atoms with E-state index in [1.165, 1.54) is 11.5 Å². The summed E-state index contributed by atoms with van der Waals surface area (Å²) in [4.78, 5) is 19.2. The van der Waals surface area contributed by atoms with Gasteiger partial charge in [-0.15, -0.1) is 0 Å². The molecule has 24 heavy (non-hydrogen) atoms. The Morgan fingerprint density at radius 2 is 2.38 bits per heavy atom. The number of benzene rings is 1. The van der Waals surface area contributed by atoms with Crippen LogP contribution in [0.25, 0.3) is 0 Å². The Morgan fingerprint density at radius 1 is 1.54 bits per heavy atom. The SMILES string of the molecule is COCc1nsc(N2C[C@@H](C#N)[C@@]3(C2)C(=O)Nc2ccccc23)n1. The van der Waals surface area contributed by atoms with Crippen molar-refractivity contribution in [3.8, 4) is 6.07 Å². The Hall–Kier alpha value is -2.50. The average Bonchev–Trinajstić information content (AvgIpc) is 3.26. The molecule has 7 nitrogen and oxygen atoms in total. The van der Waals surface area contributed by atoms with Gasteiger partial charge in [-0.3, -0.25) is 4.79 Å². The second kappa shape index (κ2) is 5.54. The van der Waals surface area contributed by atoms with Crippen molar-refractivity contribution in [2.24, 2.45) is 5.92 Å². The summed E-state index contributed by atoms with van der Waals surface area (Å²) in [7, 11) is 1.59. The number of carbonyl (C=O) groups excluding carboxylic acids is 1. The monoisotopic (exact) mass is 341 g/mol. The number of hydrogen-bond donors (Lipinski definition) is 1. The van der Waals surface area contributed by atoms with Crippen molar-refractivity contribution in [1.29, 1.82) is 5.26 Å². The average molecular weight is 341 g/mol. The van der Waals surface area contributed by atoms with Crippen molar-refractivity contribution in [2.45, 2.75) is 12.0 Å². The Bertz CT molecular complexity index is 845. The van der Waals surface area contributed by atoms with Crippen LogP contribution in [-0.2, 0) is 21.6 Å². The largest absolute Gasteiger partial charge is 0.377 e. The Balaban J connectivity index is 1.72. The standard InChI is InChI=1S/C16H15N5O2S/c1-23-8-13-19-15(24-20-13)21-7-10(6-17)16(9-21)11-4-2-3-5-12(11)18-14(16)22/h2-5,10H,7-9H2,1H3,(H,18,22)/t10-,16-/m1/s1. The third-order valence-electron chi connectivity index (χ3n) is 4.66. The molecule has 8 heteroatoms. The lowest BCUT2D eigenvalue weighted by Crippen LogP contribution is -2.41. The minimum Gasteiger partial charge on any atom is -0.377 e. The van der Waals surface area contributed by atoms with Crippen LogP contribution in [0.5, 0.6) is 0 Å². The first-order chi connectivity index (χ1) is 11.7. The van der Waals surface area contributed by atoms with E-state index in [0.717, 1.165) is 16.4 Å². The lowest BCUT2D eigenvalue weighted by Gasteiger charge is -2.24. The number of rotatable bonds is 3. The van der Waals surface area contributed by atoms with E-state index in [-0.39, 0.29) is 5.91 Å². The summed E-state index contributed by atoms with van der Waals surface area (Å²) < 4.78 is 9.31. The first-order valence-electron chi connectivity index (χ1n) is 7.56.